The first kappa shape index (κ1) is 23.1. The Balaban J connectivity index is 1.57. The average molecular weight is 425 g/mol. The average Bonchev–Trinajstić information content (AvgIpc) is 2.76. The summed E-state index contributed by atoms with van der Waals surface area (Å²) in [6, 6.07) is 16.0. The lowest BCUT2D eigenvalue weighted by Gasteiger charge is -2.39. The highest BCUT2D eigenvalue weighted by molar-refractivity contribution is 5.91. The summed E-state index contributed by atoms with van der Waals surface area (Å²) in [6.07, 6.45) is 0. The number of nitrogens with zero attached hydrogens (tertiary/aromatic N) is 2. The Morgan fingerprint density at radius 2 is 1.77 bits per heavy atom. The first-order valence-electron chi connectivity index (χ1n) is 11.2. The Labute approximate surface area is 186 Å². The van der Waals surface area contributed by atoms with Crippen LogP contribution in [0, 0.1) is 12.8 Å². The summed E-state index contributed by atoms with van der Waals surface area (Å²) < 4.78 is 6.02. The van der Waals surface area contributed by atoms with E-state index in [0.29, 0.717) is 36.5 Å². The van der Waals surface area contributed by atoms with Crippen LogP contribution in [-0.2, 0) is 6.61 Å². The zero-order valence-electron chi connectivity index (χ0n) is 19.2. The van der Waals surface area contributed by atoms with Crippen LogP contribution in [0.3, 0.4) is 0 Å². The molecule has 168 valence electrons. The standard InChI is InChI=1S/C25H36N4O2/c1-19(2)23(29-14-12-28(4)13-15-29)17-26-25(30)27-22-11-10-20(3)16-24(22)31-18-21-8-6-5-7-9-21/h5-11,16,19,23H,12-15,17-18H2,1-4H3,(H2,26,27,30). The fraction of sp³-hybridized carbons (Fsp3) is 0.480. The summed E-state index contributed by atoms with van der Waals surface area (Å²) in [5.41, 5.74) is 2.86. The van der Waals surface area contributed by atoms with Gasteiger partial charge in [0.25, 0.3) is 0 Å². The van der Waals surface area contributed by atoms with Crippen LogP contribution in [0.15, 0.2) is 48.5 Å². The van der Waals surface area contributed by atoms with Crippen molar-refractivity contribution in [3.63, 3.8) is 0 Å². The van der Waals surface area contributed by atoms with Crippen molar-refractivity contribution in [3.05, 3.63) is 59.7 Å². The monoisotopic (exact) mass is 424 g/mol. The summed E-state index contributed by atoms with van der Waals surface area (Å²) in [5, 5.41) is 6.05. The summed E-state index contributed by atoms with van der Waals surface area (Å²) in [5.74, 6) is 1.14. The van der Waals surface area contributed by atoms with Gasteiger partial charge in [0.05, 0.1) is 5.69 Å². The highest BCUT2D eigenvalue weighted by Crippen LogP contribution is 2.26. The van der Waals surface area contributed by atoms with Crippen molar-refractivity contribution in [1.82, 2.24) is 15.1 Å². The summed E-state index contributed by atoms with van der Waals surface area (Å²) >= 11 is 0. The maximum absolute atomic E-state index is 12.7. The Bertz CT molecular complexity index is 833. The van der Waals surface area contributed by atoms with Gasteiger partial charge in [-0.3, -0.25) is 4.90 Å². The van der Waals surface area contributed by atoms with Gasteiger partial charge >= 0.3 is 6.03 Å². The summed E-state index contributed by atoms with van der Waals surface area (Å²) in [7, 11) is 2.16. The second-order valence-electron chi connectivity index (χ2n) is 8.76. The van der Waals surface area contributed by atoms with Gasteiger partial charge in [-0.15, -0.1) is 0 Å². The van der Waals surface area contributed by atoms with Crippen LogP contribution >= 0.6 is 0 Å². The predicted molar refractivity (Wildman–Crippen MR) is 127 cm³/mol. The van der Waals surface area contributed by atoms with Crippen LogP contribution in [0.5, 0.6) is 5.75 Å². The highest BCUT2D eigenvalue weighted by atomic mass is 16.5. The molecule has 6 heteroatoms. The molecule has 6 nitrogen and oxygen atoms in total. The number of carbonyl (C=O) groups is 1. The molecule has 1 aliphatic rings. The van der Waals surface area contributed by atoms with Gasteiger partial charge in [-0.25, -0.2) is 4.79 Å². The minimum absolute atomic E-state index is 0.201. The molecule has 0 spiro atoms. The van der Waals surface area contributed by atoms with Crippen LogP contribution in [0.4, 0.5) is 10.5 Å². The van der Waals surface area contributed by atoms with Crippen LogP contribution in [0.2, 0.25) is 0 Å². The molecule has 0 aliphatic carbocycles. The number of hydrogen-bond donors (Lipinski definition) is 2. The van der Waals surface area contributed by atoms with Crippen LogP contribution in [-0.4, -0.2) is 61.6 Å². The van der Waals surface area contributed by atoms with E-state index < -0.39 is 0 Å². The largest absolute Gasteiger partial charge is 0.487 e. The molecule has 2 aromatic carbocycles. The molecule has 1 unspecified atom stereocenters. The van der Waals surface area contributed by atoms with Crippen LogP contribution in [0.1, 0.15) is 25.0 Å². The van der Waals surface area contributed by atoms with Crippen LogP contribution in [0.25, 0.3) is 0 Å². The number of hydrogen-bond acceptors (Lipinski definition) is 4. The van der Waals surface area contributed by atoms with Gasteiger partial charge in [0.15, 0.2) is 0 Å². The van der Waals surface area contributed by atoms with Gasteiger partial charge in [0.2, 0.25) is 0 Å². The number of piperazine rings is 1. The number of nitrogens with one attached hydrogen (secondary N) is 2. The number of likely N-dealkylation sites (N-methyl/N-ethyl adjacent to an activating group) is 1. The fourth-order valence-corrected chi connectivity index (χ4v) is 3.89. The summed E-state index contributed by atoms with van der Waals surface area (Å²) in [6.45, 7) is 11.8. The number of rotatable bonds is 8. The summed E-state index contributed by atoms with van der Waals surface area (Å²) in [4.78, 5) is 17.5. The number of benzene rings is 2. The smallest absolute Gasteiger partial charge is 0.319 e. The third kappa shape index (κ3) is 6.97. The lowest BCUT2D eigenvalue weighted by atomic mass is 10.0. The number of aryl methyl sites for hydroxylation is 1. The third-order valence-corrected chi connectivity index (χ3v) is 5.87. The molecule has 31 heavy (non-hydrogen) atoms. The molecule has 2 aromatic rings. The number of anilines is 1. The molecule has 1 aliphatic heterocycles. The van der Waals surface area contributed by atoms with Gasteiger partial charge in [-0.05, 0) is 43.1 Å². The van der Waals surface area contributed by atoms with E-state index in [1.54, 1.807) is 0 Å². The molecular weight excluding hydrogens is 388 g/mol. The maximum Gasteiger partial charge on any atom is 0.319 e. The maximum atomic E-state index is 12.7. The number of carbonyl (C=O) groups excluding carboxylic acids is 1. The minimum Gasteiger partial charge on any atom is -0.487 e. The molecule has 1 heterocycles. The van der Waals surface area contributed by atoms with Gasteiger partial charge in [-0.1, -0.05) is 50.2 Å². The van der Waals surface area contributed by atoms with Crippen LogP contribution < -0.4 is 15.4 Å². The topological polar surface area (TPSA) is 56.8 Å². The lowest BCUT2D eigenvalue weighted by Crippen LogP contribution is -2.54. The normalized spacial score (nSPS) is 16.2. The molecule has 0 radical (unpaired) electrons. The van der Waals surface area contributed by atoms with E-state index >= 15 is 0 Å². The zero-order chi connectivity index (χ0) is 22.2. The Hall–Kier alpha value is -2.57. The lowest BCUT2D eigenvalue weighted by molar-refractivity contribution is 0.0890. The van der Waals surface area contributed by atoms with Crippen molar-refractivity contribution in [2.75, 3.05) is 45.1 Å². The minimum atomic E-state index is -0.201. The third-order valence-electron chi connectivity index (χ3n) is 5.87. The Kier molecular flexibility index (Phi) is 8.32. The van der Waals surface area contributed by atoms with Gasteiger partial charge < -0.3 is 20.3 Å². The Morgan fingerprint density at radius 1 is 1.06 bits per heavy atom. The number of urea groups is 1. The van der Waals surface area contributed by atoms with E-state index in [1.165, 1.54) is 0 Å². The quantitative estimate of drug-likeness (QED) is 0.673. The predicted octanol–water partition coefficient (Wildman–Crippen LogP) is 3.97. The molecule has 2 amide bonds. The van der Waals surface area contributed by atoms with Crippen molar-refractivity contribution >= 4 is 11.7 Å². The van der Waals surface area contributed by atoms with E-state index in [-0.39, 0.29) is 6.03 Å². The molecule has 0 bridgehead atoms. The van der Waals surface area contributed by atoms with Gasteiger partial charge in [0, 0.05) is 38.8 Å². The molecule has 1 fully saturated rings. The van der Waals surface area contributed by atoms with Crippen molar-refractivity contribution in [2.24, 2.45) is 5.92 Å². The number of amides is 2. The van der Waals surface area contributed by atoms with Crippen molar-refractivity contribution < 1.29 is 9.53 Å². The second kappa shape index (κ2) is 11.2. The Morgan fingerprint density at radius 3 is 2.45 bits per heavy atom. The van der Waals surface area contributed by atoms with E-state index in [0.717, 1.165) is 37.3 Å². The SMILES string of the molecule is Cc1ccc(NC(=O)NCC(C(C)C)N2CCN(C)CC2)c(OCc2ccccc2)c1. The van der Waals surface area contributed by atoms with E-state index in [9.17, 15) is 4.79 Å². The van der Waals surface area contributed by atoms with Crippen molar-refractivity contribution in [3.8, 4) is 5.75 Å². The molecular formula is C25H36N4O2. The molecule has 1 atom stereocenters. The molecule has 0 saturated carbocycles. The van der Waals surface area contributed by atoms with E-state index in [4.69, 9.17) is 4.74 Å². The van der Waals surface area contributed by atoms with E-state index in [1.807, 2.05) is 55.5 Å². The molecule has 1 saturated heterocycles. The second-order valence-corrected chi connectivity index (χ2v) is 8.76. The molecule has 2 N–H and O–H groups in total. The zero-order valence-corrected chi connectivity index (χ0v) is 19.2. The first-order chi connectivity index (χ1) is 14.9. The molecule has 0 aromatic heterocycles. The molecule has 3 rings (SSSR count). The van der Waals surface area contributed by atoms with Crippen molar-refractivity contribution in [1.29, 1.82) is 0 Å². The highest BCUT2D eigenvalue weighted by Gasteiger charge is 2.25. The van der Waals surface area contributed by atoms with Crippen molar-refractivity contribution in [2.45, 2.75) is 33.4 Å². The van der Waals surface area contributed by atoms with Gasteiger partial charge in [-0.2, -0.15) is 0 Å². The fourth-order valence-electron chi connectivity index (χ4n) is 3.89. The first-order valence-corrected chi connectivity index (χ1v) is 11.2. The number of ether oxygens (including phenoxy) is 1. The van der Waals surface area contributed by atoms with E-state index in [2.05, 4.69) is 41.3 Å². The van der Waals surface area contributed by atoms with Gasteiger partial charge in [0.1, 0.15) is 12.4 Å².